The normalized spacial score (nSPS) is 11.3. The second-order valence-corrected chi connectivity index (χ2v) is 7.57. The topological polar surface area (TPSA) is 98.9 Å². The number of nitrogens with zero attached hydrogens (tertiary/aromatic N) is 4. The van der Waals surface area contributed by atoms with E-state index in [0.717, 1.165) is 10.1 Å². The van der Waals surface area contributed by atoms with Crippen LogP contribution in [0.2, 0.25) is 0 Å². The van der Waals surface area contributed by atoms with Crippen LogP contribution in [0.5, 0.6) is 0 Å². The van der Waals surface area contributed by atoms with E-state index in [4.69, 9.17) is 0 Å². The zero-order valence-electron chi connectivity index (χ0n) is 16.7. The SMILES string of the molecule is CC(C)Cn1cnc2ccc(NC(=O)Cn3ncc4ccccc4c3=O)cc2c1=O. The minimum atomic E-state index is -0.411. The maximum Gasteiger partial charge on any atom is 0.275 e. The van der Waals surface area contributed by atoms with E-state index >= 15 is 0 Å². The Morgan fingerprint density at radius 3 is 2.67 bits per heavy atom. The van der Waals surface area contributed by atoms with Crippen LogP contribution in [0.1, 0.15) is 13.8 Å². The van der Waals surface area contributed by atoms with Gasteiger partial charge in [-0.15, -0.1) is 0 Å². The van der Waals surface area contributed by atoms with Gasteiger partial charge in [0.25, 0.3) is 11.1 Å². The number of fused-ring (bicyclic) bond motifs is 2. The Morgan fingerprint density at radius 2 is 1.87 bits per heavy atom. The summed E-state index contributed by atoms with van der Waals surface area (Å²) in [6, 6.07) is 12.1. The lowest BCUT2D eigenvalue weighted by molar-refractivity contribution is -0.117. The summed E-state index contributed by atoms with van der Waals surface area (Å²) in [4.78, 5) is 42.1. The third-order valence-electron chi connectivity index (χ3n) is 4.72. The standard InChI is InChI=1S/C22H21N5O3/c1-14(2)11-26-13-23-19-8-7-16(9-18(19)21(26)29)25-20(28)12-27-22(30)17-6-4-3-5-15(17)10-24-27/h3-10,13-14H,11-12H2,1-2H3,(H,25,28). The third-order valence-corrected chi connectivity index (χ3v) is 4.72. The quantitative estimate of drug-likeness (QED) is 0.552. The van der Waals surface area contributed by atoms with Crippen molar-refractivity contribution >= 4 is 33.3 Å². The number of anilines is 1. The Kier molecular flexibility index (Phi) is 5.14. The van der Waals surface area contributed by atoms with Gasteiger partial charge >= 0.3 is 0 Å². The number of carbonyl (C=O) groups excluding carboxylic acids is 1. The molecule has 0 aliphatic carbocycles. The van der Waals surface area contributed by atoms with Crippen LogP contribution in [-0.2, 0) is 17.9 Å². The second-order valence-electron chi connectivity index (χ2n) is 7.57. The summed E-state index contributed by atoms with van der Waals surface area (Å²) < 4.78 is 2.69. The van der Waals surface area contributed by atoms with Crippen molar-refractivity contribution < 1.29 is 4.79 Å². The first kappa shape index (κ1) is 19.5. The van der Waals surface area contributed by atoms with Crippen LogP contribution in [0.15, 0.2) is 64.6 Å². The van der Waals surface area contributed by atoms with Gasteiger partial charge in [0.1, 0.15) is 6.54 Å². The van der Waals surface area contributed by atoms with Gasteiger partial charge in [-0.1, -0.05) is 32.0 Å². The predicted molar refractivity (Wildman–Crippen MR) is 115 cm³/mol. The Bertz CT molecular complexity index is 1370. The Balaban J connectivity index is 1.59. The number of hydrogen-bond acceptors (Lipinski definition) is 5. The number of aromatic nitrogens is 4. The van der Waals surface area contributed by atoms with Gasteiger partial charge in [-0.3, -0.25) is 19.0 Å². The summed E-state index contributed by atoms with van der Waals surface area (Å²) in [6.07, 6.45) is 3.10. The fourth-order valence-corrected chi connectivity index (χ4v) is 3.34. The molecule has 1 N–H and O–H groups in total. The predicted octanol–water partition coefficient (Wildman–Crippen LogP) is 2.40. The van der Waals surface area contributed by atoms with E-state index in [9.17, 15) is 14.4 Å². The minimum absolute atomic E-state index is 0.155. The number of nitrogens with one attached hydrogen (secondary N) is 1. The van der Waals surface area contributed by atoms with Crippen molar-refractivity contribution in [1.82, 2.24) is 19.3 Å². The molecular weight excluding hydrogens is 382 g/mol. The van der Waals surface area contributed by atoms with Crippen molar-refractivity contribution in [2.75, 3.05) is 5.32 Å². The van der Waals surface area contributed by atoms with Crippen LogP contribution >= 0.6 is 0 Å². The Hall–Kier alpha value is -3.81. The maximum absolute atomic E-state index is 12.7. The lowest BCUT2D eigenvalue weighted by atomic mass is 10.2. The number of carbonyl (C=O) groups is 1. The van der Waals surface area contributed by atoms with E-state index in [1.54, 1.807) is 53.5 Å². The van der Waals surface area contributed by atoms with Crippen molar-refractivity contribution in [3.63, 3.8) is 0 Å². The van der Waals surface area contributed by atoms with Gasteiger partial charge < -0.3 is 5.32 Å². The molecule has 2 heterocycles. The van der Waals surface area contributed by atoms with Crippen LogP contribution in [-0.4, -0.2) is 25.2 Å². The Labute approximate surface area is 171 Å². The van der Waals surface area contributed by atoms with Gasteiger partial charge in [0.05, 0.1) is 28.8 Å². The molecule has 0 radical (unpaired) electrons. The van der Waals surface area contributed by atoms with Crippen LogP contribution in [0, 0.1) is 5.92 Å². The van der Waals surface area contributed by atoms with Gasteiger partial charge in [-0.05, 0) is 30.2 Å². The van der Waals surface area contributed by atoms with Crippen molar-refractivity contribution in [3.05, 3.63) is 75.7 Å². The van der Waals surface area contributed by atoms with Gasteiger partial charge in [0.2, 0.25) is 5.91 Å². The van der Waals surface area contributed by atoms with Crippen LogP contribution in [0.3, 0.4) is 0 Å². The minimum Gasteiger partial charge on any atom is -0.324 e. The number of benzene rings is 2. The average molecular weight is 403 g/mol. The lowest BCUT2D eigenvalue weighted by Gasteiger charge is -2.10. The highest BCUT2D eigenvalue weighted by Gasteiger charge is 2.11. The summed E-state index contributed by atoms with van der Waals surface area (Å²) in [5.74, 6) is -0.108. The molecule has 2 aromatic carbocycles. The smallest absolute Gasteiger partial charge is 0.275 e. The summed E-state index contributed by atoms with van der Waals surface area (Å²) in [6.45, 7) is 4.38. The highest BCUT2D eigenvalue weighted by molar-refractivity contribution is 5.93. The molecule has 2 aromatic heterocycles. The average Bonchev–Trinajstić information content (AvgIpc) is 2.72. The molecule has 0 aliphatic heterocycles. The van der Waals surface area contributed by atoms with Gasteiger partial charge in [-0.2, -0.15) is 5.10 Å². The van der Waals surface area contributed by atoms with E-state index in [0.29, 0.717) is 34.4 Å². The van der Waals surface area contributed by atoms with Gasteiger partial charge in [0, 0.05) is 17.6 Å². The number of rotatable bonds is 5. The molecule has 8 nitrogen and oxygen atoms in total. The molecule has 8 heteroatoms. The molecule has 0 fully saturated rings. The zero-order chi connectivity index (χ0) is 21.3. The van der Waals surface area contributed by atoms with E-state index < -0.39 is 5.91 Å². The molecule has 0 aliphatic rings. The highest BCUT2D eigenvalue weighted by Crippen LogP contribution is 2.15. The first-order valence-corrected chi connectivity index (χ1v) is 9.66. The van der Waals surface area contributed by atoms with Crippen molar-refractivity contribution in [3.8, 4) is 0 Å². The fraction of sp³-hybridized carbons (Fsp3) is 0.227. The highest BCUT2D eigenvalue weighted by atomic mass is 16.2. The monoisotopic (exact) mass is 403 g/mol. The van der Waals surface area contributed by atoms with Gasteiger partial charge in [-0.25, -0.2) is 9.67 Å². The second kappa shape index (κ2) is 7.90. The molecule has 152 valence electrons. The molecule has 0 bridgehead atoms. The molecule has 0 saturated carbocycles. The fourth-order valence-electron chi connectivity index (χ4n) is 3.34. The first-order valence-electron chi connectivity index (χ1n) is 9.66. The van der Waals surface area contributed by atoms with E-state index in [1.807, 2.05) is 19.9 Å². The van der Waals surface area contributed by atoms with Crippen molar-refractivity contribution in [2.45, 2.75) is 26.9 Å². The molecule has 30 heavy (non-hydrogen) atoms. The van der Waals surface area contributed by atoms with Crippen molar-refractivity contribution in [2.24, 2.45) is 5.92 Å². The summed E-state index contributed by atoms with van der Waals surface area (Å²) in [5, 5.41) is 8.45. The van der Waals surface area contributed by atoms with E-state index in [-0.39, 0.29) is 17.7 Å². The van der Waals surface area contributed by atoms with E-state index in [2.05, 4.69) is 15.4 Å². The van der Waals surface area contributed by atoms with E-state index in [1.165, 1.54) is 0 Å². The van der Waals surface area contributed by atoms with Crippen molar-refractivity contribution in [1.29, 1.82) is 0 Å². The molecule has 0 unspecified atom stereocenters. The molecule has 0 saturated heterocycles. The summed E-state index contributed by atoms with van der Waals surface area (Å²) in [5.41, 5.74) is 0.535. The zero-order valence-corrected chi connectivity index (χ0v) is 16.7. The molecule has 0 spiro atoms. The Morgan fingerprint density at radius 1 is 1.07 bits per heavy atom. The third kappa shape index (κ3) is 3.84. The molecular formula is C22H21N5O3. The molecule has 4 aromatic rings. The lowest BCUT2D eigenvalue weighted by Crippen LogP contribution is -2.29. The van der Waals surface area contributed by atoms with Crippen LogP contribution < -0.4 is 16.4 Å². The number of hydrogen-bond donors (Lipinski definition) is 1. The summed E-state index contributed by atoms with van der Waals surface area (Å²) in [7, 11) is 0. The molecule has 4 rings (SSSR count). The van der Waals surface area contributed by atoms with Crippen LogP contribution in [0.25, 0.3) is 21.7 Å². The number of amides is 1. The maximum atomic E-state index is 12.7. The largest absolute Gasteiger partial charge is 0.324 e. The molecule has 1 amide bonds. The summed E-state index contributed by atoms with van der Waals surface area (Å²) >= 11 is 0. The van der Waals surface area contributed by atoms with Gasteiger partial charge in [0.15, 0.2) is 0 Å². The molecule has 0 atom stereocenters. The van der Waals surface area contributed by atoms with Crippen LogP contribution in [0.4, 0.5) is 5.69 Å². The first-order chi connectivity index (χ1) is 14.4.